The molecule has 0 heterocycles. The Balaban J connectivity index is 2.14. The van der Waals surface area contributed by atoms with Crippen molar-refractivity contribution in [3.63, 3.8) is 0 Å². The van der Waals surface area contributed by atoms with Gasteiger partial charge in [0.15, 0.2) is 0 Å². The van der Waals surface area contributed by atoms with Crippen LogP contribution in [0.5, 0.6) is 0 Å². The van der Waals surface area contributed by atoms with E-state index in [-0.39, 0.29) is 5.41 Å². The summed E-state index contributed by atoms with van der Waals surface area (Å²) in [5.41, 5.74) is 8.23. The summed E-state index contributed by atoms with van der Waals surface area (Å²) in [4.78, 5) is 0. The van der Waals surface area contributed by atoms with Crippen LogP contribution in [0.1, 0.15) is 56.3 Å². The lowest BCUT2D eigenvalue weighted by Gasteiger charge is -2.33. The van der Waals surface area contributed by atoms with Crippen molar-refractivity contribution < 1.29 is 5.11 Å². The Hall–Kier alpha value is -0.860. The molecule has 1 unspecified atom stereocenters. The van der Waals surface area contributed by atoms with Crippen LogP contribution < -0.4 is 5.73 Å². The molecular formula is C16H25NO. The average Bonchev–Trinajstić information content (AvgIpc) is 2.89. The van der Waals surface area contributed by atoms with Crippen molar-refractivity contribution in [2.75, 3.05) is 6.54 Å². The van der Waals surface area contributed by atoms with Crippen LogP contribution in [0.15, 0.2) is 24.3 Å². The van der Waals surface area contributed by atoms with E-state index in [1.165, 1.54) is 18.4 Å². The van der Waals surface area contributed by atoms with Crippen LogP contribution in [0.2, 0.25) is 0 Å². The van der Waals surface area contributed by atoms with E-state index in [0.717, 1.165) is 31.2 Å². The summed E-state index contributed by atoms with van der Waals surface area (Å²) in [6.07, 6.45) is 6.38. The van der Waals surface area contributed by atoms with E-state index in [4.69, 9.17) is 5.73 Å². The zero-order valence-electron chi connectivity index (χ0n) is 11.4. The highest BCUT2D eigenvalue weighted by Crippen LogP contribution is 2.46. The molecule has 1 aromatic rings. The first kappa shape index (κ1) is 13.6. The summed E-state index contributed by atoms with van der Waals surface area (Å²) in [6.45, 7) is 2.77. The molecule has 1 fully saturated rings. The normalized spacial score (nSPS) is 19.9. The first-order chi connectivity index (χ1) is 8.72. The van der Waals surface area contributed by atoms with Crippen LogP contribution in [0.4, 0.5) is 0 Å². The molecule has 0 saturated heterocycles. The van der Waals surface area contributed by atoms with E-state index >= 15 is 0 Å². The molecular weight excluding hydrogens is 222 g/mol. The molecule has 1 aliphatic rings. The molecule has 0 spiro atoms. The maximum Gasteiger partial charge on any atom is 0.0858 e. The van der Waals surface area contributed by atoms with Gasteiger partial charge in [-0.25, -0.2) is 0 Å². The molecule has 0 aliphatic heterocycles. The number of aliphatic hydroxyl groups is 1. The summed E-state index contributed by atoms with van der Waals surface area (Å²) in [6, 6.07) is 8.43. The van der Waals surface area contributed by atoms with Crippen molar-refractivity contribution >= 4 is 0 Å². The molecule has 2 nitrogen and oxygen atoms in total. The van der Waals surface area contributed by atoms with Gasteiger partial charge in [0.1, 0.15) is 0 Å². The minimum atomic E-state index is -0.402. The lowest BCUT2D eigenvalue weighted by atomic mass is 9.77. The first-order valence-electron chi connectivity index (χ1n) is 7.19. The van der Waals surface area contributed by atoms with Gasteiger partial charge in [-0.1, -0.05) is 50.5 Å². The van der Waals surface area contributed by atoms with Crippen molar-refractivity contribution in [3.05, 3.63) is 35.4 Å². The highest BCUT2D eigenvalue weighted by atomic mass is 16.3. The number of hydrogen-bond acceptors (Lipinski definition) is 2. The SMILES string of the molecule is CCCc1ccc(C(O)C2(CN)CCCC2)cc1. The Kier molecular flexibility index (Phi) is 4.41. The predicted molar refractivity (Wildman–Crippen MR) is 75.4 cm³/mol. The van der Waals surface area contributed by atoms with Crippen LogP contribution in [-0.2, 0) is 6.42 Å². The van der Waals surface area contributed by atoms with Crippen molar-refractivity contribution in [2.45, 2.75) is 51.6 Å². The molecule has 100 valence electrons. The third kappa shape index (κ3) is 2.60. The van der Waals surface area contributed by atoms with E-state index in [9.17, 15) is 5.11 Å². The number of nitrogens with two attached hydrogens (primary N) is 1. The molecule has 2 rings (SSSR count). The van der Waals surface area contributed by atoms with Crippen LogP contribution >= 0.6 is 0 Å². The second-order valence-electron chi connectivity index (χ2n) is 5.67. The van der Waals surface area contributed by atoms with Crippen molar-refractivity contribution in [1.29, 1.82) is 0 Å². The van der Waals surface area contributed by atoms with Crippen molar-refractivity contribution in [1.82, 2.24) is 0 Å². The maximum absolute atomic E-state index is 10.6. The van der Waals surface area contributed by atoms with Gasteiger partial charge in [0.2, 0.25) is 0 Å². The number of benzene rings is 1. The fourth-order valence-corrected chi connectivity index (χ4v) is 3.18. The largest absolute Gasteiger partial charge is 0.388 e. The second kappa shape index (κ2) is 5.85. The molecule has 0 radical (unpaired) electrons. The molecule has 2 heteroatoms. The van der Waals surface area contributed by atoms with Gasteiger partial charge in [-0.2, -0.15) is 0 Å². The van der Waals surface area contributed by atoms with E-state index < -0.39 is 6.10 Å². The minimum absolute atomic E-state index is 0.0771. The minimum Gasteiger partial charge on any atom is -0.388 e. The molecule has 3 N–H and O–H groups in total. The van der Waals surface area contributed by atoms with Gasteiger partial charge in [0, 0.05) is 12.0 Å². The van der Waals surface area contributed by atoms with E-state index in [0.29, 0.717) is 6.54 Å². The zero-order valence-corrected chi connectivity index (χ0v) is 11.4. The van der Waals surface area contributed by atoms with Gasteiger partial charge in [-0.3, -0.25) is 0 Å². The third-order valence-corrected chi connectivity index (χ3v) is 4.42. The van der Waals surface area contributed by atoms with E-state index in [2.05, 4.69) is 31.2 Å². The molecule has 0 aromatic heterocycles. The Morgan fingerprint density at radius 1 is 1.22 bits per heavy atom. The molecule has 1 atom stereocenters. The lowest BCUT2D eigenvalue weighted by molar-refractivity contribution is 0.0333. The van der Waals surface area contributed by atoms with Gasteiger partial charge < -0.3 is 10.8 Å². The summed E-state index contributed by atoms with van der Waals surface area (Å²) in [5.74, 6) is 0. The number of aliphatic hydroxyl groups excluding tert-OH is 1. The number of aryl methyl sites for hydroxylation is 1. The smallest absolute Gasteiger partial charge is 0.0858 e. The Morgan fingerprint density at radius 2 is 1.83 bits per heavy atom. The highest BCUT2D eigenvalue weighted by molar-refractivity contribution is 5.26. The molecule has 1 saturated carbocycles. The van der Waals surface area contributed by atoms with Crippen LogP contribution in [0.3, 0.4) is 0 Å². The molecule has 0 bridgehead atoms. The van der Waals surface area contributed by atoms with Gasteiger partial charge in [-0.05, 0) is 30.4 Å². The summed E-state index contributed by atoms with van der Waals surface area (Å²) >= 11 is 0. The summed E-state index contributed by atoms with van der Waals surface area (Å²) in [7, 11) is 0. The van der Waals surface area contributed by atoms with Gasteiger partial charge in [-0.15, -0.1) is 0 Å². The third-order valence-electron chi connectivity index (χ3n) is 4.42. The quantitative estimate of drug-likeness (QED) is 0.839. The van der Waals surface area contributed by atoms with Crippen LogP contribution in [0, 0.1) is 5.41 Å². The molecule has 1 aromatic carbocycles. The molecule has 18 heavy (non-hydrogen) atoms. The van der Waals surface area contributed by atoms with Gasteiger partial charge >= 0.3 is 0 Å². The van der Waals surface area contributed by atoms with Crippen LogP contribution in [-0.4, -0.2) is 11.7 Å². The fraction of sp³-hybridized carbons (Fsp3) is 0.625. The molecule has 0 amide bonds. The van der Waals surface area contributed by atoms with E-state index in [1.807, 2.05) is 0 Å². The van der Waals surface area contributed by atoms with Crippen molar-refractivity contribution in [3.8, 4) is 0 Å². The number of rotatable bonds is 5. The van der Waals surface area contributed by atoms with Gasteiger partial charge in [0.25, 0.3) is 0 Å². The highest BCUT2D eigenvalue weighted by Gasteiger charge is 2.39. The Labute approximate surface area is 110 Å². The zero-order chi connectivity index (χ0) is 13.0. The Morgan fingerprint density at radius 3 is 2.33 bits per heavy atom. The van der Waals surface area contributed by atoms with Crippen molar-refractivity contribution in [2.24, 2.45) is 11.1 Å². The summed E-state index contributed by atoms with van der Waals surface area (Å²) < 4.78 is 0. The first-order valence-corrected chi connectivity index (χ1v) is 7.19. The monoisotopic (exact) mass is 247 g/mol. The molecule has 1 aliphatic carbocycles. The number of hydrogen-bond donors (Lipinski definition) is 2. The summed E-state index contributed by atoms with van der Waals surface area (Å²) in [5, 5.41) is 10.6. The standard InChI is InChI=1S/C16H25NO/c1-2-5-13-6-8-14(9-7-13)15(18)16(12-17)10-3-4-11-16/h6-9,15,18H,2-5,10-12,17H2,1H3. The van der Waals surface area contributed by atoms with Crippen LogP contribution in [0.25, 0.3) is 0 Å². The lowest BCUT2D eigenvalue weighted by Crippen LogP contribution is -2.34. The second-order valence-corrected chi connectivity index (χ2v) is 5.67. The van der Waals surface area contributed by atoms with Gasteiger partial charge in [0.05, 0.1) is 6.10 Å². The van der Waals surface area contributed by atoms with E-state index in [1.54, 1.807) is 0 Å². The average molecular weight is 247 g/mol. The maximum atomic E-state index is 10.6. The Bertz CT molecular complexity index is 365. The topological polar surface area (TPSA) is 46.2 Å². The predicted octanol–water partition coefficient (Wildman–Crippen LogP) is 3.19. The fourth-order valence-electron chi connectivity index (χ4n) is 3.18.